The van der Waals surface area contributed by atoms with Crippen LogP contribution in [-0.2, 0) is 10.2 Å². The summed E-state index contributed by atoms with van der Waals surface area (Å²) in [6.45, 7) is 8.53. The van der Waals surface area contributed by atoms with Crippen molar-refractivity contribution in [2.24, 2.45) is 11.5 Å². The third kappa shape index (κ3) is 6.66. The summed E-state index contributed by atoms with van der Waals surface area (Å²) in [6, 6.07) is 19.1. The number of ether oxygens (including phenoxy) is 2. The Morgan fingerprint density at radius 2 is 1.76 bits per heavy atom. The van der Waals surface area contributed by atoms with Crippen LogP contribution in [0.4, 0.5) is 5.69 Å². The van der Waals surface area contributed by atoms with E-state index in [2.05, 4.69) is 10.3 Å². The number of nitrogens with two attached hydrogens (primary N) is 2. The van der Waals surface area contributed by atoms with E-state index in [1.807, 2.05) is 51.1 Å². The number of fused-ring (bicyclic) bond motifs is 2. The van der Waals surface area contributed by atoms with Crippen LogP contribution in [-0.4, -0.2) is 62.7 Å². The summed E-state index contributed by atoms with van der Waals surface area (Å²) in [4.78, 5) is 41.7. The molecule has 0 aliphatic carbocycles. The lowest BCUT2D eigenvalue weighted by Crippen LogP contribution is -2.29. The van der Waals surface area contributed by atoms with Crippen LogP contribution >= 0.6 is 0 Å². The molecule has 0 saturated heterocycles. The molecule has 2 amide bonds. The third-order valence-electron chi connectivity index (χ3n) is 8.75. The van der Waals surface area contributed by atoms with Gasteiger partial charge in [-0.2, -0.15) is 9.97 Å². The number of rotatable bonds is 10. The lowest BCUT2D eigenvalue weighted by molar-refractivity contribution is -0.121. The Kier molecular flexibility index (Phi) is 8.91. The minimum Gasteiger partial charge on any atom is -0.437 e. The van der Waals surface area contributed by atoms with Crippen molar-refractivity contribution in [1.29, 1.82) is 5.41 Å². The Balaban J connectivity index is 1.50. The Morgan fingerprint density at radius 3 is 2.46 bits per heavy atom. The predicted molar refractivity (Wildman–Crippen MR) is 191 cm³/mol. The molecule has 1 aliphatic rings. The highest BCUT2D eigenvalue weighted by Gasteiger charge is 2.32. The average molecular weight is 676 g/mol. The minimum atomic E-state index is -0.819. The summed E-state index contributed by atoms with van der Waals surface area (Å²) in [6.07, 6.45) is 0.394. The quantitative estimate of drug-likeness (QED) is 0.107. The zero-order chi connectivity index (χ0) is 35.9. The molecule has 0 bridgehead atoms. The predicted octanol–water partition coefficient (Wildman–Crippen LogP) is 5.63. The molecule has 258 valence electrons. The van der Waals surface area contributed by atoms with E-state index >= 15 is 0 Å². The number of nitrogens with one attached hydrogen (secondary N) is 2. The van der Waals surface area contributed by atoms with E-state index < -0.39 is 11.9 Å². The van der Waals surface area contributed by atoms with Gasteiger partial charge in [-0.05, 0) is 54.7 Å². The van der Waals surface area contributed by atoms with Crippen molar-refractivity contribution in [3.8, 4) is 23.4 Å². The molecule has 13 heteroatoms. The van der Waals surface area contributed by atoms with Crippen LogP contribution in [0.1, 0.15) is 72.0 Å². The summed E-state index contributed by atoms with van der Waals surface area (Å²) in [5.74, 6) is 0.418. The van der Waals surface area contributed by atoms with Crippen LogP contribution in [0.5, 0.6) is 23.4 Å². The summed E-state index contributed by atoms with van der Waals surface area (Å²) in [5, 5.41) is 11.4. The number of nitrogens with zero attached hydrogens (tertiary/aromatic N) is 5. The van der Waals surface area contributed by atoms with Crippen molar-refractivity contribution in [2.45, 2.75) is 51.5 Å². The first kappa shape index (κ1) is 33.9. The molecule has 0 fully saturated rings. The number of carbonyl (C=O) groups is 2. The van der Waals surface area contributed by atoms with Crippen molar-refractivity contribution in [2.75, 3.05) is 26.0 Å². The fourth-order valence-electron chi connectivity index (χ4n) is 6.27. The second kappa shape index (κ2) is 13.1. The van der Waals surface area contributed by atoms with E-state index in [0.29, 0.717) is 41.4 Å². The highest BCUT2D eigenvalue weighted by atomic mass is 16.5. The first-order valence-corrected chi connectivity index (χ1v) is 16.3. The van der Waals surface area contributed by atoms with Gasteiger partial charge in [-0.3, -0.25) is 19.6 Å². The van der Waals surface area contributed by atoms with E-state index in [0.717, 1.165) is 16.8 Å². The van der Waals surface area contributed by atoms with Gasteiger partial charge in [0.1, 0.15) is 29.2 Å². The van der Waals surface area contributed by atoms with Crippen molar-refractivity contribution in [3.63, 3.8) is 0 Å². The van der Waals surface area contributed by atoms with Crippen molar-refractivity contribution >= 4 is 34.5 Å². The fraction of sp³-hybridized carbons (Fsp3) is 0.297. The molecule has 6 rings (SSSR count). The maximum atomic E-state index is 13.2. The summed E-state index contributed by atoms with van der Waals surface area (Å²) < 4.78 is 14.5. The van der Waals surface area contributed by atoms with Crippen LogP contribution in [0.15, 0.2) is 66.7 Å². The van der Waals surface area contributed by atoms with Crippen molar-refractivity contribution in [3.05, 3.63) is 94.8 Å². The van der Waals surface area contributed by atoms with Crippen molar-refractivity contribution < 1.29 is 19.1 Å². The lowest BCUT2D eigenvalue weighted by Gasteiger charge is -2.23. The number of hydrogen-bond acceptors (Lipinski definition) is 9. The van der Waals surface area contributed by atoms with E-state index in [9.17, 15) is 9.59 Å². The van der Waals surface area contributed by atoms with Gasteiger partial charge in [0, 0.05) is 48.9 Å². The molecular formula is C37H41N9O4. The fourth-order valence-corrected chi connectivity index (χ4v) is 6.27. The highest BCUT2D eigenvalue weighted by Crippen LogP contribution is 2.40. The molecule has 2 atom stereocenters. The second-order valence-electron chi connectivity index (χ2n) is 13.6. The number of benzene rings is 3. The number of hydrogen-bond donors (Lipinski definition) is 4. The monoisotopic (exact) mass is 675 g/mol. The van der Waals surface area contributed by atoms with Crippen LogP contribution in [0.25, 0.3) is 11.2 Å². The van der Waals surface area contributed by atoms with Crippen LogP contribution < -0.4 is 26.3 Å². The molecule has 6 N–H and O–H groups in total. The van der Waals surface area contributed by atoms with Gasteiger partial charge in [0.15, 0.2) is 11.2 Å². The molecule has 5 aromatic rings. The molecule has 2 aromatic heterocycles. The first-order chi connectivity index (χ1) is 23.7. The topological polar surface area (TPSA) is 187 Å². The number of amidine groups is 1. The number of imidazole rings is 1. The summed E-state index contributed by atoms with van der Waals surface area (Å²) in [5.41, 5.74) is 16.0. The molecule has 50 heavy (non-hydrogen) atoms. The largest absolute Gasteiger partial charge is 0.437 e. The molecule has 1 aliphatic heterocycles. The molecule has 3 heterocycles. The van der Waals surface area contributed by atoms with Gasteiger partial charge in [0.05, 0.1) is 0 Å². The molecule has 13 nitrogen and oxygen atoms in total. The van der Waals surface area contributed by atoms with Gasteiger partial charge >= 0.3 is 6.01 Å². The molecule has 0 radical (unpaired) electrons. The number of aromatic nitrogens is 4. The minimum absolute atomic E-state index is 0.00876. The molecule has 3 aromatic carbocycles. The zero-order valence-corrected chi connectivity index (χ0v) is 28.9. The maximum absolute atomic E-state index is 13.2. The third-order valence-corrected chi connectivity index (χ3v) is 8.75. The van der Waals surface area contributed by atoms with E-state index in [-0.39, 0.29) is 46.1 Å². The van der Waals surface area contributed by atoms with Gasteiger partial charge in [-0.15, -0.1) is 0 Å². The summed E-state index contributed by atoms with van der Waals surface area (Å²) in [7, 11) is 3.34. The van der Waals surface area contributed by atoms with Gasteiger partial charge < -0.3 is 31.2 Å². The zero-order valence-electron chi connectivity index (χ0n) is 28.9. The highest BCUT2D eigenvalue weighted by molar-refractivity contribution is 5.95. The SMILES string of the molecule is Cc1nc2c(Oc3cccc(C(=O)N(C)C)c3)nc(Oc3cc(C(=N)N)ccc3C(C)(C)C)nc2n1C(CC1CNc2ccccc21)C(N)=O. The number of primary amides is 1. The standard InChI is InChI=1S/C37H41N9O4/c1-20-42-30-33(46(20)28(32(40)47)17-23-19-41-27-13-8-7-12-25(23)27)43-36(50-29-18-21(31(38)39)14-15-26(29)37(2,3)4)44-34(30)49-24-11-9-10-22(16-24)35(48)45(5)6/h7-16,18,23,28,41H,17,19H2,1-6H3,(H3,38,39)(H2,40,47). The number of nitrogen functional groups attached to an aromatic ring is 1. The van der Waals surface area contributed by atoms with E-state index in [1.54, 1.807) is 62.0 Å². The average Bonchev–Trinajstić information content (AvgIpc) is 3.62. The Bertz CT molecular complexity index is 2130. The smallest absolute Gasteiger partial charge is 0.327 e. The Morgan fingerprint density at radius 1 is 1.00 bits per heavy atom. The Hall–Kier alpha value is -5.98. The summed E-state index contributed by atoms with van der Waals surface area (Å²) >= 11 is 0. The first-order valence-electron chi connectivity index (χ1n) is 16.3. The van der Waals surface area contributed by atoms with Crippen LogP contribution in [0, 0.1) is 12.3 Å². The lowest BCUT2D eigenvalue weighted by atomic mass is 9.85. The van der Waals surface area contributed by atoms with E-state index in [4.69, 9.17) is 36.3 Å². The Labute approximate surface area is 290 Å². The van der Waals surface area contributed by atoms with Crippen LogP contribution in [0.2, 0.25) is 0 Å². The number of carbonyl (C=O) groups excluding carboxylic acids is 2. The second-order valence-corrected chi connectivity index (χ2v) is 13.6. The number of amides is 2. The van der Waals surface area contributed by atoms with Gasteiger partial charge in [-0.25, -0.2) is 4.98 Å². The number of para-hydroxylation sites is 1. The molecule has 2 unspecified atom stereocenters. The molecule has 0 saturated carbocycles. The number of aryl methyl sites for hydroxylation is 1. The van der Waals surface area contributed by atoms with Gasteiger partial charge in [0.2, 0.25) is 5.91 Å². The van der Waals surface area contributed by atoms with Gasteiger partial charge in [0.25, 0.3) is 11.8 Å². The molecule has 0 spiro atoms. The number of anilines is 1. The normalized spacial score (nSPS) is 14.5. The van der Waals surface area contributed by atoms with E-state index in [1.165, 1.54) is 4.90 Å². The van der Waals surface area contributed by atoms with Gasteiger partial charge in [-0.1, -0.05) is 57.2 Å². The maximum Gasteiger partial charge on any atom is 0.327 e. The van der Waals surface area contributed by atoms with Crippen molar-refractivity contribution in [1.82, 2.24) is 24.4 Å². The molecular weight excluding hydrogens is 634 g/mol. The van der Waals surface area contributed by atoms with Crippen LogP contribution in [0.3, 0.4) is 0 Å².